The maximum absolute atomic E-state index is 12.6. The molecular formula is C35H30O15. The molecule has 1 fully saturated rings. The molecule has 15 nitrogen and oxygen atoms in total. The molecule has 0 spiro atoms. The summed E-state index contributed by atoms with van der Waals surface area (Å²) in [6, 6.07) is 12.0. The number of hydrogen-bond donors (Lipinski definition) is 6. The van der Waals surface area contributed by atoms with Crippen molar-refractivity contribution >= 4 is 40.0 Å². The molecule has 0 radical (unpaired) electrons. The van der Waals surface area contributed by atoms with Gasteiger partial charge in [-0.1, -0.05) is 12.1 Å². The van der Waals surface area contributed by atoms with Crippen molar-refractivity contribution < 1.29 is 68.0 Å². The van der Waals surface area contributed by atoms with E-state index in [1.54, 1.807) is 12.1 Å². The van der Waals surface area contributed by atoms with E-state index in [2.05, 4.69) is 0 Å². The average molecular weight is 691 g/mol. The fourth-order valence-corrected chi connectivity index (χ4v) is 5.76. The van der Waals surface area contributed by atoms with Crippen LogP contribution in [0.1, 0.15) is 27.8 Å². The van der Waals surface area contributed by atoms with Gasteiger partial charge in [0, 0.05) is 34.7 Å². The number of carboxylic acid groups (broad SMARTS) is 1. The summed E-state index contributed by atoms with van der Waals surface area (Å²) in [4.78, 5) is 37.4. The number of aliphatic hydroxyl groups excluding tert-OH is 3. The summed E-state index contributed by atoms with van der Waals surface area (Å²) in [6.07, 6.45) is -6.02. The average Bonchev–Trinajstić information content (AvgIpc) is 3.10. The number of carboxylic acids is 1. The zero-order chi connectivity index (χ0) is 35.9. The van der Waals surface area contributed by atoms with E-state index >= 15 is 0 Å². The summed E-state index contributed by atoms with van der Waals surface area (Å²) in [7, 11) is 2.57. The SMILES string of the molecule is COc1cc(-c2oc3cc(=O)cc4oc(C(=O)O)cc(c2[C@@H]2O[C@H](COC(=O)C=Cc5ccc(O)cc5)[C@@H](O)[C@H](O)[C@H]2O)c43)cc(OC)c1O. The number of aromatic carboxylic acids is 1. The molecular weight excluding hydrogens is 660 g/mol. The number of aromatic hydroxyl groups is 2. The number of carbonyl (C=O) groups is 2. The molecule has 260 valence electrons. The Morgan fingerprint density at radius 1 is 0.860 bits per heavy atom. The quantitative estimate of drug-likeness (QED) is 0.0963. The Kier molecular flexibility index (Phi) is 9.22. The highest BCUT2D eigenvalue weighted by molar-refractivity contribution is 6.09. The van der Waals surface area contributed by atoms with Gasteiger partial charge < -0.3 is 58.4 Å². The number of carbonyl (C=O) groups excluding carboxylic acids is 1. The van der Waals surface area contributed by atoms with Crippen LogP contribution in [0.3, 0.4) is 0 Å². The molecule has 1 aliphatic rings. The first-order chi connectivity index (χ1) is 23.9. The Bertz CT molecular complexity index is 2150. The lowest BCUT2D eigenvalue weighted by Crippen LogP contribution is -2.55. The van der Waals surface area contributed by atoms with Gasteiger partial charge in [0.05, 0.1) is 19.6 Å². The zero-order valence-electron chi connectivity index (χ0n) is 26.3. The molecule has 1 aliphatic heterocycles. The van der Waals surface area contributed by atoms with E-state index in [0.717, 1.165) is 24.3 Å². The number of rotatable bonds is 9. The van der Waals surface area contributed by atoms with Gasteiger partial charge in [0.2, 0.25) is 11.5 Å². The van der Waals surface area contributed by atoms with Gasteiger partial charge in [0.1, 0.15) is 59.8 Å². The monoisotopic (exact) mass is 690 g/mol. The van der Waals surface area contributed by atoms with Crippen molar-refractivity contribution in [2.75, 3.05) is 20.8 Å². The largest absolute Gasteiger partial charge is 0.508 e. The van der Waals surface area contributed by atoms with Crippen molar-refractivity contribution in [1.82, 2.24) is 0 Å². The predicted octanol–water partition coefficient (Wildman–Crippen LogP) is 3.11. The van der Waals surface area contributed by atoms with E-state index in [4.69, 9.17) is 27.8 Å². The third kappa shape index (κ3) is 6.33. The van der Waals surface area contributed by atoms with Gasteiger partial charge in [-0.25, -0.2) is 9.59 Å². The van der Waals surface area contributed by atoms with E-state index in [0.29, 0.717) is 5.56 Å². The molecule has 0 bridgehead atoms. The molecule has 0 amide bonds. The van der Waals surface area contributed by atoms with Crippen LogP contribution in [0.4, 0.5) is 0 Å². The smallest absolute Gasteiger partial charge is 0.371 e. The molecule has 1 saturated heterocycles. The summed E-state index contributed by atoms with van der Waals surface area (Å²) < 4.78 is 33.8. The van der Waals surface area contributed by atoms with Gasteiger partial charge in [-0.05, 0) is 42.0 Å². The van der Waals surface area contributed by atoms with Crippen LogP contribution in [-0.4, -0.2) is 87.8 Å². The maximum Gasteiger partial charge on any atom is 0.371 e. The molecule has 0 unspecified atom stereocenters. The lowest BCUT2D eigenvalue weighted by molar-refractivity contribution is -0.233. The number of phenols is 2. The molecule has 3 heterocycles. The van der Waals surface area contributed by atoms with Gasteiger partial charge in [0.15, 0.2) is 16.9 Å². The van der Waals surface area contributed by atoms with Crippen molar-refractivity contribution in [1.29, 1.82) is 0 Å². The zero-order valence-corrected chi connectivity index (χ0v) is 26.3. The second-order valence-electron chi connectivity index (χ2n) is 11.3. The lowest BCUT2D eigenvalue weighted by Gasteiger charge is -2.41. The topological polar surface area (TPSA) is 236 Å². The molecule has 50 heavy (non-hydrogen) atoms. The normalized spacial score (nSPS) is 20.7. The van der Waals surface area contributed by atoms with Crippen molar-refractivity contribution in [2.45, 2.75) is 30.5 Å². The molecule has 6 N–H and O–H groups in total. The van der Waals surface area contributed by atoms with Crippen LogP contribution in [0.5, 0.6) is 23.0 Å². The van der Waals surface area contributed by atoms with Crippen molar-refractivity contribution in [3.8, 4) is 34.3 Å². The fourth-order valence-electron chi connectivity index (χ4n) is 5.76. The summed E-state index contributed by atoms with van der Waals surface area (Å²) in [5.41, 5.74) is -0.143. The second kappa shape index (κ2) is 13.6. The Balaban J connectivity index is 1.49. The molecule has 5 atom stereocenters. The van der Waals surface area contributed by atoms with Crippen molar-refractivity contribution in [3.05, 3.63) is 87.8 Å². The lowest BCUT2D eigenvalue weighted by atomic mass is 9.87. The Hall–Kier alpha value is -5.87. The highest BCUT2D eigenvalue weighted by Gasteiger charge is 2.47. The number of aliphatic hydroxyl groups is 3. The minimum absolute atomic E-state index is 0.0391. The third-order valence-corrected chi connectivity index (χ3v) is 8.20. The number of esters is 1. The standard InChI is InChI=1S/C35H30O15/c1-45-22-9-16(10-23(46-2)29(22)39)33-28(19-13-24(35(43)44)48-20-11-18(37)12-21(49-33)27(19)20)34-32(42)31(41)30(40)25(50-34)14-47-26(38)8-5-15-3-6-17(36)7-4-15/h3-13,25,30-32,34,36,39-42H,14H2,1-2H3,(H,43,44)/t25-,30-,31+,32-,34+/m1/s1. The van der Waals surface area contributed by atoms with Crippen LogP contribution in [0.25, 0.3) is 39.3 Å². The van der Waals surface area contributed by atoms with Gasteiger partial charge in [-0.15, -0.1) is 0 Å². The number of methoxy groups -OCH3 is 2. The van der Waals surface area contributed by atoms with Crippen LogP contribution in [-0.2, 0) is 14.3 Å². The van der Waals surface area contributed by atoms with Crippen LogP contribution < -0.4 is 14.9 Å². The first-order valence-corrected chi connectivity index (χ1v) is 15.0. The second-order valence-corrected chi connectivity index (χ2v) is 11.3. The predicted molar refractivity (Wildman–Crippen MR) is 173 cm³/mol. The van der Waals surface area contributed by atoms with Crippen LogP contribution in [0.2, 0.25) is 0 Å². The first-order valence-electron chi connectivity index (χ1n) is 15.0. The number of ether oxygens (including phenoxy) is 4. The molecule has 3 aromatic carbocycles. The first kappa shape index (κ1) is 34.0. The molecule has 15 heteroatoms. The summed E-state index contributed by atoms with van der Waals surface area (Å²) in [6.45, 7) is -0.597. The third-order valence-electron chi connectivity index (χ3n) is 8.20. The number of hydrogen-bond acceptors (Lipinski definition) is 14. The van der Waals surface area contributed by atoms with Gasteiger partial charge in [-0.3, -0.25) is 4.79 Å². The number of benzene rings is 3. The minimum Gasteiger partial charge on any atom is -0.508 e. The molecule has 0 aliphatic carbocycles. The van der Waals surface area contributed by atoms with E-state index in [1.807, 2.05) is 0 Å². The van der Waals surface area contributed by atoms with Crippen LogP contribution in [0.15, 0.2) is 74.3 Å². The van der Waals surface area contributed by atoms with E-state index < -0.39 is 60.3 Å². The Morgan fingerprint density at radius 3 is 2.12 bits per heavy atom. The maximum atomic E-state index is 12.6. The number of phenolic OH excluding ortho intramolecular Hbond substituents is 2. The Labute approximate surface area is 281 Å². The fraction of sp³-hybridized carbons (Fsp3) is 0.229. The molecule has 0 saturated carbocycles. The summed E-state index contributed by atoms with van der Waals surface area (Å²) in [5.74, 6) is -3.52. The van der Waals surface area contributed by atoms with Crippen LogP contribution in [0, 0.1) is 0 Å². The van der Waals surface area contributed by atoms with Gasteiger partial charge in [0.25, 0.3) is 0 Å². The van der Waals surface area contributed by atoms with Gasteiger partial charge >= 0.3 is 11.9 Å². The summed E-state index contributed by atoms with van der Waals surface area (Å²) >= 11 is 0. The van der Waals surface area contributed by atoms with Crippen molar-refractivity contribution in [2.24, 2.45) is 0 Å². The molecule has 6 rings (SSSR count). The molecule has 2 aromatic heterocycles. The highest BCUT2D eigenvalue weighted by atomic mass is 16.6. The summed E-state index contributed by atoms with van der Waals surface area (Å²) in [5, 5.41) is 63.4. The van der Waals surface area contributed by atoms with Crippen molar-refractivity contribution in [3.63, 3.8) is 0 Å². The Morgan fingerprint density at radius 2 is 1.50 bits per heavy atom. The van der Waals surface area contributed by atoms with Gasteiger partial charge in [-0.2, -0.15) is 0 Å². The molecule has 5 aromatic rings. The van der Waals surface area contributed by atoms with E-state index in [-0.39, 0.29) is 61.8 Å². The van der Waals surface area contributed by atoms with E-state index in [9.17, 15) is 45.0 Å². The minimum atomic E-state index is -1.88. The van der Waals surface area contributed by atoms with E-state index in [1.165, 1.54) is 44.6 Å². The van der Waals surface area contributed by atoms with Crippen LogP contribution >= 0.6 is 0 Å². The highest BCUT2D eigenvalue weighted by Crippen LogP contribution is 2.47.